The van der Waals surface area contributed by atoms with E-state index in [1.165, 1.54) is 6.07 Å². The second-order valence-corrected chi connectivity index (χ2v) is 5.43. The summed E-state index contributed by atoms with van der Waals surface area (Å²) in [6.07, 6.45) is 1.18. The largest absolute Gasteiger partial charge is 0.349 e. The standard InChI is InChI=1S/C15H18F2N2O2/c1-18(2)14(20)10-5-7-19(8-6-10)15(21)11-3-4-12(16)13(17)9-11/h3-4,9-10H,5-8H2,1-2H3. The highest BCUT2D eigenvalue weighted by Crippen LogP contribution is 2.21. The van der Waals surface area contributed by atoms with Gasteiger partial charge in [0.25, 0.3) is 5.91 Å². The Hall–Kier alpha value is -1.98. The van der Waals surface area contributed by atoms with E-state index in [2.05, 4.69) is 0 Å². The topological polar surface area (TPSA) is 40.6 Å². The predicted octanol–water partition coefficient (Wildman–Crippen LogP) is 1.91. The molecule has 1 aliphatic heterocycles. The first kappa shape index (κ1) is 15.4. The molecule has 1 aromatic carbocycles. The molecule has 0 bridgehead atoms. The quantitative estimate of drug-likeness (QED) is 0.836. The van der Waals surface area contributed by atoms with Crippen LogP contribution >= 0.6 is 0 Å². The molecule has 0 atom stereocenters. The van der Waals surface area contributed by atoms with Crippen molar-refractivity contribution in [2.75, 3.05) is 27.2 Å². The lowest BCUT2D eigenvalue weighted by molar-refractivity contribution is -0.134. The molecule has 6 heteroatoms. The molecule has 0 unspecified atom stereocenters. The lowest BCUT2D eigenvalue weighted by Crippen LogP contribution is -2.42. The number of carbonyl (C=O) groups excluding carboxylic acids is 2. The monoisotopic (exact) mass is 296 g/mol. The summed E-state index contributed by atoms with van der Waals surface area (Å²) in [6.45, 7) is 0.893. The van der Waals surface area contributed by atoms with E-state index in [1.54, 1.807) is 23.9 Å². The van der Waals surface area contributed by atoms with Crippen molar-refractivity contribution in [1.29, 1.82) is 0 Å². The highest BCUT2D eigenvalue weighted by Gasteiger charge is 2.28. The van der Waals surface area contributed by atoms with Gasteiger partial charge in [0.1, 0.15) is 0 Å². The Morgan fingerprint density at radius 2 is 1.76 bits per heavy atom. The van der Waals surface area contributed by atoms with Crippen LogP contribution in [0.2, 0.25) is 0 Å². The van der Waals surface area contributed by atoms with Crippen LogP contribution in [0.5, 0.6) is 0 Å². The summed E-state index contributed by atoms with van der Waals surface area (Å²) in [6, 6.07) is 3.14. The summed E-state index contributed by atoms with van der Waals surface area (Å²) < 4.78 is 26.0. The van der Waals surface area contributed by atoms with Crippen LogP contribution in [0.15, 0.2) is 18.2 Å². The van der Waals surface area contributed by atoms with Crippen molar-refractivity contribution < 1.29 is 18.4 Å². The highest BCUT2D eigenvalue weighted by molar-refractivity contribution is 5.94. The minimum Gasteiger partial charge on any atom is -0.349 e. The summed E-state index contributed by atoms with van der Waals surface area (Å²) in [5.74, 6) is -2.34. The second-order valence-electron chi connectivity index (χ2n) is 5.43. The van der Waals surface area contributed by atoms with Crippen LogP contribution in [0.3, 0.4) is 0 Å². The van der Waals surface area contributed by atoms with Crippen molar-refractivity contribution in [2.24, 2.45) is 5.92 Å². The summed E-state index contributed by atoms with van der Waals surface area (Å²) >= 11 is 0. The number of hydrogen-bond acceptors (Lipinski definition) is 2. The van der Waals surface area contributed by atoms with E-state index >= 15 is 0 Å². The molecule has 1 saturated heterocycles. The fraction of sp³-hybridized carbons (Fsp3) is 0.467. The van der Waals surface area contributed by atoms with Gasteiger partial charge in [0.2, 0.25) is 5.91 Å². The number of amides is 2. The number of likely N-dealkylation sites (tertiary alicyclic amines) is 1. The van der Waals surface area contributed by atoms with Crippen molar-refractivity contribution in [2.45, 2.75) is 12.8 Å². The van der Waals surface area contributed by atoms with Crippen LogP contribution in [0.25, 0.3) is 0 Å². The molecule has 0 aromatic heterocycles. The van der Waals surface area contributed by atoms with Gasteiger partial charge in [0.05, 0.1) is 0 Å². The van der Waals surface area contributed by atoms with Gasteiger partial charge in [-0.1, -0.05) is 0 Å². The van der Waals surface area contributed by atoms with Crippen molar-refractivity contribution in [1.82, 2.24) is 9.80 Å². The van der Waals surface area contributed by atoms with Crippen molar-refractivity contribution in [3.8, 4) is 0 Å². The average Bonchev–Trinajstić information content (AvgIpc) is 2.48. The maximum atomic E-state index is 13.2. The van der Waals surface area contributed by atoms with Crippen LogP contribution in [0.4, 0.5) is 8.78 Å². The zero-order valence-electron chi connectivity index (χ0n) is 12.1. The molecule has 4 nitrogen and oxygen atoms in total. The number of piperidine rings is 1. The van der Waals surface area contributed by atoms with Gasteiger partial charge in [-0.2, -0.15) is 0 Å². The lowest BCUT2D eigenvalue weighted by atomic mass is 9.95. The van der Waals surface area contributed by atoms with Crippen LogP contribution < -0.4 is 0 Å². The number of carbonyl (C=O) groups is 2. The van der Waals surface area contributed by atoms with Gasteiger partial charge >= 0.3 is 0 Å². The molecular weight excluding hydrogens is 278 g/mol. The fourth-order valence-corrected chi connectivity index (χ4v) is 2.51. The summed E-state index contributed by atoms with van der Waals surface area (Å²) in [4.78, 5) is 27.2. The second kappa shape index (κ2) is 6.20. The molecule has 0 N–H and O–H groups in total. The van der Waals surface area contributed by atoms with Gasteiger partial charge in [0, 0.05) is 38.7 Å². The molecule has 2 amide bonds. The van der Waals surface area contributed by atoms with E-state index in [1.807, 2.05) is 0 Å². The van der Waals surface area contributed by atoms with E-state index in [-0.39, 0.29) is 23.3 Å². The van der Waals surface area contributed by atoms with Crippen LogP contribution in [0, 0.1) is 17.6 Å². The Bertz CT molecular complexity index is 553. The maximum absolute atomic E-state index is 13.2. The number of benzene rings is 1. The lowest BCUT2D eigenvalue weighted by Gasteiger charge is -2.32. The fourth-order valence-electron chi connectivity index (χ4n) is 2.51. The van der Waals surface area contributed by atoms with Gasteiger partial charge in [-0.25, -0.2) is 8.78 Å². The minimum absolute atomic E-state index is 0.0647. The summed E-state index contributed by atoms with van der Waals surface area (Å²) in [5, 5.41) is 0. The Morgan fingerprint density at radius 1 is 1.14 bits per heavy atom. The molecule has 1 fully saturated rings. The van der Waals surface area contributed by atoms with Crippen LogP contribution in [-0.4, -0.2) is 48.8 Å². The first-order valence-corrected chi connectivity index (χ1v) is 6.85. The molecule has 0 saturated carbocycles. The van der Waals surface area contributed by atoms with E-state index in [4.69, 9.17) is 0 Å². The van der Waals surface area contributed by atoms with Gasteiger partial charge in [-0.15, -0.1) is 0 Å². The minimum atomic E-state index is -1.03. The van der Waals surface area contributed by atoms with Crippen molar-refractivity contribution in [3.05, 3.63) is 35.4 Å². The molecule has 1 aromatic rings. The average molecular weight is 296 g/mol. The molecule has 2 rings (SSSR count). The number of nitrogens with zero attached hydrogens (tertiary/aromatic N) is 2. The van der Waals surface area contributed by atoms with Crippen molar-refractivity contribution in [3.63, 3.8) is 0 Å². The molecule has 0 radical (unpaired) electrons. The SMILES string of the molecule is CN(C)C(=O)C1CCN(C(=O)c2ccc(F)c(F)c2)CC1. The number of rotatable bonds is 2. The number of hydrogen-bond donors (Lipinski definition) is 0. The van der Waals surface area contributed by atoms with Crippen molar-refractivity contribution >= 4 is 11.8 Å². The van der Waals surface area contributed by atoms with Gasteiger partial charge in [0.15, 0.2) is 11.6 Å². The van der Waals surface area contributed by atoms with E-state index in [0.29, 0.717) is 25.9 Å². The third-order valence-electron chi connectivity index (χ3n) is 3.74. The normalized spacial score (nSPS) is 15.9. The van der Waals surface area contributed by atoms with Gasteiger partial charge in [-0.05, 0) is 31.0 Å². The third kappa shape index (κ3) is 3.37. The zero-order valence-corrected chi connectivity index (χ0v) is 12.1. The van der Waals surface area contributed by atoms with E-state index < -0.39 is 11.6 Å². The zero-order chi connectivity index (χ0) is 15.6. The van der Waals surface area contributed by atoms with Crippen LogP contribution in [-0.2, 0) is 4.79 Å². The Labute approximate surface area is 122 Å². The van der Waals surface area contributed by atoms with Gasteiger partial charge in [-0.3, -0.25) is 9.59 Å². The van der Waals surface area contributed by atoms with E-state index in [0.717, 1.165) is 12.1 Å². The summed E-state index contributed by atoms with van der Waals surface area (Å²) in [5.41, 5.74) is 0.131. The maximum Gasteiger partial charge on any atom is 0.253 e. The van der Waals surface area contributed by atoms with E-state index in [9.17, 15) is 18.4 Å². The smallest absolute Gasteiger partial charge is 0.253 e. The molecule has 1 aliphatic rings. The Balaban J connectivity index is 2.00. The first-order valence-electron chi connectivity index (χ1n) is 6.85. The first-order chi connectivity index (χ1) is 9.90. The predicted molar refractivity (Wildman–Crippen MR) is 73.7 cm³/mol. The van der Waals surface area contributed by atoms with Gasteiger partial charge < -0.3 is 9.80 Å². The summed E-state index contributed by atoms with van der Waals surface area (Å²) in [7, 11) is 3.42. The molecule has 21 heavy (non-hydrogen) atoms. The molecule has 0 aliphatic carbocycles. The van der Waals surface area contributed by atoms with Crippen LogP contribution in [0.1, 0.15) is 23.2 Å². The molecule has 114 valence electrons. The molecule has 1 heterocycles. The highest BCUT2D eigenvalue weighted by atomic mass is 19.2. The third-order valence-corrected chi connectivity index (χ3v) is 3.74. The molecule has 0 spiro atoms. The molecular formula is C15H18F2N2O2. The number of halogens is 2. The Kier molecular flexibility index (Phi) is 4.55. The Morgan fingerprint density at radius 3 is 2.29 bits per heavy atom.